The topological polar surface area (TPSA) is 55.6 Å². The van der Waals surface area contributed by atoms with E-state index < -0.39 is 0 Å². The van der Waals surface area contributed by atoms with E-state index in [1.54, 1.807) is 7.11 Å². The van der Waals surface area contributed by atoms with Gasteiger partial charge in [-0.15, -0.1) is 0 Å². The van der Waals surface area contributed by atoms with Gasteiger partial charge < -0.3 is 14.2 Å². The van der Waals surface area contributed by atoms with E-state index in [1.165, 1.54) is 32.1 Å². The molecule has 3 heterocycles. The van der Waals surface area contributed by atoms with Gasteiger partial charge in [0.05, 0.1) is 12.2 Å². The summed E-state index contributed by atoms with van der Waals surface area (Å²) in [5.41, 5.74) is 1.26. The van der Waals surface area contributed by atoms with Gasteiger partial charge >= 0.3 is 0 Å². The first-order chi connectivity index (χ1) is 10.7. The summed E-state index contributed by atoms with van der Waals surface area (Å²) in [7, 11) is 1.63. The number of carbonyl (C=O) groups excluding carboxylic acids is 1. The molecule has 120 valence electrons. The van der Waals surface area contributed by atoms with Crippen molar-refractivity contribution < 1.29 is 14.1 Å². The zero-order valence-electron chi connectivity index (χ0n) is 13.4. The van der Waals surface area contributed by atoms with Crippen LogP contribution >= 0.6 is 0 Å². The zero-order chi connectivity index (χ0) is 15.3. The van der Waals surface area contributed by atoms with Crippen molar-refractivity contribution in [1.29, 1.82) is 0 Å². The van der Waals surface area contributed by atoms with Crippen LogP contribution in [0.5, 0.6) is 0 Å². The van der Waals surface area contributed by atoms with Crippen molar-refractivity contribution in [3.8, 4) is 0 Å². The second kappa shape index (κ2) is 5.37. The minimum atomic E-state index is 0.0436. The highest BCUT2D eigenvalue weighted by molar-refractivity contribution is 5.94. The SMILES string of the molecule is COCc1c(C(=O)N2CC3CC4CC2C[C@@H](C4)C3)noc1C. The molecule has 1 amide bonds. The van der Waals surface area contributed by atoms with Crippen molar-refractivity contribution in [2.45, 2.75) is 51.7 Å². The zero-order valence-corrected chi connectivity index (χ0v) is 13.4. The van der Waals surface area contributed by atoms with E-state index in [4.69, 9.17) is 9.26 Å². The van der Waals surface area contributed by atoms with Gasteiger partial charge in [0.25, 0.3) is 5.91 Å². The number of fused-ring (bicyclic) bond motifs is 1. The molecule has 5 heteroatoms. The first-order valence-corrected chi connectivity index (χ1v) is 8.40. The number of carbonyl (C=O) groups is 1. The summed E-state index contributed by atoms with van der Waals surface area (Å²) in [6.45, 7) is 3.12. The van der Waals surface area contributed by atoms with E-state index in [9.17, 15) is 4.79 Å². The lowest BCUT2D eigenvalue weighted by molar-refractivity contribution is 0.0618. The Labute approximate surface area is 131 Å². The summed E-state index contributed by atoms with van der Waals surface area (Å²) >= 11 is 0. The quantitative estimate of drug-likeness (QED) is 0.861. The number of hydrogen-bond acceptors (Lipinski definition) is 4. The van der Waals surface area contributed by atoms with E-state index >= 15 is 0 Å². The lowest BCUT2D eigenvalue weighted by Gasteiger charge is -2.38. The molecule has 22 heavy (non-hydrogen) atoms. The molecule has 5 nitrogen and oxygen atoms in total. The Hall–Kier alpha value is -1.36. The molecule has 0 N–H and O–H groups in total. The molecular weight excluding hydrogens is 280 g/mol. The Morgan fingerprint density at radius 1 is 1.23 bits per heavy atom. The number of ether oxygens (including phenoxy) is 1. The molecule has 5 rings (SSSR count). The number of rotatable bonds is 3. The molecular formula is C17H24N2O3. The predicted octanol–water partition coefficient (Wildman–Crippen LogP) is 2.78. The fourth-order valence-corrected chi connectivity index (χ4v) is 5.04. The Morgan fingerprint density at radius 2 is 1.91 bits per heavy atom. The van der Waals surface area contributed by atoms with Crippen LogP contribution in [-0.4, -0.2) is 35.7 Å². The largest absolute Gasteiger partial charge is 0.380 e. The number of hydrogen-bond donors (Lipinski definition) is 0. The van der Waals surface area contributed by atoms with Crippen LogP contribution in [0.4, 0.5) is 0 Å². The van der Waals surface area contributed by atoms with Crippen LogP contribution in [0.2, 0.25) is 0 Å². The third-order valence-corrected chi connectivity index (χ3v) is 5.84. The molecule has 4 atom stereocenters. The summed E-state index contributed by atoms with van der Waals surface area (Å²) in [6, 6.07) is 0.399. The van der Waals surface area contributed by atoms with Crippen LogP contribution in [0.3, 0.4) is 0 Å². The fourth-order valence-electron chi connectivity index (χ4n) is 5.04. The molecule has 1 aromatic rings. The summed E-state index contributed by atoms with van der Waals surface area (Å²) in [5, 5.41) is 4.04. The number of aryl methyl sites for hydroxylation is 1. The third kappa shape index (κ3) is 2.26. The third-order valence-electron chi connectivity index (χ3n) is 5.84. The Morgan fingerprint density at radius 3 is 2.59 bits per heavy atom. The van der Waals surface area contributed by atoms with Gasteiger partial charge in [-0.05, 0) is 56.8 Å². The summed E-state index contributed by atoms with van der Waals surface area (Å²) in [6.07, 6.45) is 6.34. The summed E-state index contributed by atoms with van der Waals surface area (Å²) in [5.74, 6) is 3.07. The maximum Gasteiger partial charge on any atom is 0.276 e. The van der Waals surface area contributed by atoms with E-state index in [0.717, 1.165) is 23.9 Å². The molecule has 0 aromatic carbocycles. The highest BCUT2D eigenvalue weighted by atomic mass is 16.5. The molecule has 3 unspecified atom stereocenters. The molecule has 4 bridgehead atoms. The first kappa shape index (κ1) is 14.2. The molecule has 0 radical (unpaired) electrons. The van der Waals surface area contributed by atoms with E-state index in [2.05, 4.69) is 10.1 Å². The monoisotopic (exact) mass is 304 g/mol. The highest BCUT2D eigenvalue weighted by Gasteiger charge is 2.44. The molecule has 2 saturated heterocycles. The maximum atomic E-state index is 13.1. The van der Waals surface area contributed by atoms with Crippen molar-refractivity contribution >= 4 is 5.91 Å². The van der Waals surface area contributed by atoms with Crippen LogP contribution in [0.15, 0.2) is 4.52 Å². The van der Waals surface area contributed by atoms with Crippen LogP contribution in [-0.2, 0) is 11.3 Å². The number of amides is 1. The molecule has 0 spiro atoms. The van der Waals surface area contributed by atoms with Crippen molar-refractivity contribution in [3.05, 3.63) is 17.0 Å². The van der Waals surface area contributed by atoms with Crippen molar-refractivity contribution in [2.24, 2.45) is 17.8 Å². The van der Waals surface area contributed by atoms with Gasteiger partial charge in [-0.1, -0.05) is 5.16 Å². The van der Waals surface area contributed by atoms with Crippen molar-refractivity contribution in [3.63, 3.8) is 0 Å². The lowest BCUT2D eigenvalue weighted by atomic mass is 9.68. The Balaban J connectivity index is 1.63. The molecule has 2 aliphatic carbocycles. The molecule has 4 aliphatic rings. The Bertz CT molecular complexity index is 568. The van der Waals surface area contributed by atoms with Crippen LogP contribution in [0.1, 0.15) is 53.9 Å². The van der Waals surface area contributed by atoms with Crippen LogP contribution < -0.4 is 0 Å². The standard InChI is InChI=1S/C17H24N2O3/c1-10-15(9-21-2)16(18-22-10)17(20)19-8-13-4-11-3-12(5-13)7-14(19)6-11/h11-14H,3-9H2,1-2H3/t11-,12?,13?,14?/m0/s1. The molecule has 1 aromatic heterocycles. The average molecular weight is 304 g/mol. The van der Waals surface area contributed by atoms with Gasteiger partial charge in [0.15, 0.2) is 5.69 Å². The minimum Gasteiger partial charge on any atom is -0.380 e. The average Bonchev–Trinajstić information content (AvgIpc) is 2.72. The number of aromatic nitrogens is 1. The first-order valence-electron chi connectivity index (χ1n) is 8.40. The van der Waals surface area contributed by atoms with E-state index in [1.807, 2.05) is 6.92 Å². The summed E-state index contributed by atoms with van der Waals surface area (Å²) < 4.78 is 10.5. The van der Waals surface area contributed by atoms with Gasteiger partial charge in [-0.2, -0.15) is 0 Å². The highest BCUT2D eigenvalue weighted by Crippen LogP contribution is 2.47. The smallest absolute Gasteiger partial charge is 0.276 e. The number of nitrogens with zero attached hydrogens (tertiary/aromatic N) is 2. The van der Waals surface area contributed by atoms with Crippen molar-refractivity contribution in [2.75, 3.05) is 13.7 Å². The molecule has 4 fully saturated rings. The van der Waals surface area contributed by atoms with Crippen molar-refractivity contribution in [1.82, 2.24) is 10.1 Å². The van der Waals surface area contributed by atoms with Gasteiger partial charge in [0, 0.05) is 19.7 Å². The van der Waals surface area contributed by atoms with Gasteiger partial charge in [-0.3, -0.25) is 4.79 Å². The van der Waals surface area contributed by atoms with Gasteiger partial charge in [0.1, 0.15) is 5.76 Å². The Kier molecular flexibility index (Phi) is 3.48. The molecule has 2 saturated carbocycles. The van der Waals surface area contributed by atoms with E-state index in [-0.39, 0.29) is 5.91 Å². The maximum absolute atomic E-state index is 13.1. The molecule has 2 aliphatic heterocycles. The predicted molar refractivity (Wildman–Crippen MR) is 80.3 cm³/mol. The normalized spacial score (nSPS) is 33.3. The van der Waals surface area contributed by atoms with Gasteiger partial charge in [0.2, 0.25) is 0 Å². The van der Waals surface area contributed by atoms with Gasteiger partial charge in [-0.25, -0.2) is 0 Å². The van der Waals surface area contributed by atoms with E-state index in [0.29, 0.717) is 30.0 Å². The van der Waals surface area contributed by atoms with Crippen LogP contribution in [0.25, 0.3) is 0 Å². The summed E-state index contributed by atoms with van der Waals surface area (Å²) in [4.78, 5) is 15.2. The lowest BCUT2D eigenvalue weighted by Crippen LogP contribution is -2.42. The van der Waals surface area contributed by atoms with Crippen LogP contribution in [0, 0.1) is 24.7 Å². The second-order valence-electron chi connectivity index (χ2n) is 7.39. The fraction of sp³-hybridized carbons (Fsp3) is 0.765. The minimum absolute atomic E-state index is 0.0436. The number of methoxy groups -OCH3 is 1. The second-order valence-corrected chi connectivity index (χ2v) is 7.39.